The zero-order valence-corrected chi connectivity index (χ0v) is 11.9. The summed E-state index contributed by atoms with van der Waals surface area (Å²) in [6.45, 7) is 1.93. The van der Waals surface area contributed by atoms with Crippen molar-refractivity contribution in [3.05, 3.63) is 34.3 Å². The van der Waals surface area contributed by atoms with Gasteiger partial charge in [-0.25, -0.2) is 0 Å². The molecule has 0 radical (unpaired) electrons. The van der Waals surface area contributed by atoms with Crippen LogP contribution < -0.4 is 5.32 Å². The van der Waals surface area contributed by atoms with Gasteiger partial charge in [0.05, 0.1) is 0 Å². The first-order valence-electron chi connectivity index (χ1n) is 6.27. The predicted octanol–water partition coefficient (Wildman–Crippen LogP) is 3.32. The van der Waals surface area contributed by atoms with Crippen molar-refractivity contribution < 1.29 is 4.74 Å². The van der Waals surface area contributed by atoms with Crippen molar-refractivity contribution in [1.29, 1.82) is 0 Å². The first-order chi connectivity index (χ1) is 8.29. The molecule has 0 heterocycles. The van der Waals surface area contributed by atoms with E-state index in [0.29, 0.717) is 6.04 Å². The first kappa shape index (κ1) is 13.1. The van der Waals surface area contributed by atoms with Crippen LogP contribution in [0, 0.1) is 0 Å². The number of nitrogens with one attached hydrogen (secondary N) is 1. The number of methoxy groups -OCH3 is 1. The molecule has 1 aromatic rings. The van der Waals surface area contributed by atoms with Gasteiger partial charge in [-0.3, -0.25) is 0 Å². The predicted molar refractivity (Wildman–Crippen MR) is 74.4 cm³/mol. The van der Waals surface area contributed by atoms with Crippen molar-refractivity contribution in [1.82, 2.24) is 5.32 Å². The quantitative estimate of drug-likeness (QED) is 0.814. The van der Waals surface area contributed by atoms with Gasteiger partial charge in [-0.05, 0) is 49.4 Å². The summed E-state index contributed by atoms with van der Waals surface area (Å²) in [5.74, 6) is 0.743. The normalized spacial score (nSPS) is 23.4. The molecule has 1 saturated carbocycles. The summed E-state index contributed by atoms with van der Waals surface area (Å²) >= 11 is 3.53. The number of hydrogen-bond acceptors (Lipinski definition) is 2. The van der Waals surface area contributed by atoms with Gasteiger partial charge in [0.15, 0.2) is 0 Å². The van der Waals surface area contributed by atoms with Crippen LogP contribution >= 0.6 is 15.9 Å². The highest BCUT2D eigenvalue weighted by Gasteiger charge is 2.29. The zero-order chi connectivity index (χ0) is 12.1. The van der Waals surface area contributed by atoms with Crippen LogP contribution in [0.15, 0.2) is 28.7 Å². The van der Waals surface area contributed by atoms with Crippen LogP contribution in [0.3, 0.4) is 0 Å². The van der Waals surface area contributed by atoms with Crippen molar-refractivity contribution in [2.24, 2.45) is 0 Å². The van der Waals surface area contributed by atoms with Gasteiger partial charge in [0.2, 0.25) is 0 Å². The molecule has 0 aromatic heterocycles. The third-order valence-electron chi connectivity index (χ3n) is 3.42. The maximum Gasteiger partial charge on any atom is 0.0474 e. The van der Waals surface area contributed by atoms with E-state index in [-0.39, 0.29) is 0 Å². The number of rotatable bonds is 6. The second-order valence-electron chi connectivity index (χ2n) is 4.72. The lowest BCUT2D eigenvalue weighted by Gasteiger charge is -2.36. The van der Waals surface area contributed by atoms with Crippen molar-refractivity contribution in [3.63, 3.8) is 0 Å². The van der Waals surface area contributed by atoms with Crippen LogP contribution in [0.5, 0.6) is 0 Å². The minimum Gasteiger partial charge on any atom is -0.385 e. The minimum absolute atomic E-state index is 0.704. The average molecular weight is 298 g/mol. The van der Waals surface area contributed by atoms with Gasteiger partial charge in [-0.2, -0.15) is 0 Å². The Kier molecular flexibility index (Phi) is 5.01. The molecule has 0 amide bonds. The lowest BCUT2D eigenvalue weighted by molar-refractivity contribution is 0.189. The number of benzene rings is 1. The van der Waals surface area contributed by atoms with Gasteiger partial charge >= 0.3 is 0 Å². The van der Waals surface area contributed by atoms with Gasteiger partial charge < -0.3 is 10.1 Å². The molecule has 17 heavy (non-hydrogen) atoms. The third kappa shape index (κ3) is 3.80. The van der Waals surface area contributed by atoms with Crippen LogP contribution in [0.25, 0.3) is 0 Å². The molecule has 0 aliphatic heterocycles. The first-order valence-corrected chi connectivity index (χ1v) is 7.06. The largest absolute Gasteiger partial charge is 0.385 e. The van der Waals surface area contributed by atoms with Crippen molar-refractivity contribution in [2.45, 2.75) is 31.2 Å². The fourth-order valence-electron chi connectivity index (χ4n) is 2.34. The van der Waals surface area contributed by atoms with Crippen LogP contribution in [0.4, 0.5) is 0 Å². The maximum absolute atomic E-state index is 5.03. The van der Waals surface area contributed by atoms with E-state index in [1.165, 1.54) is 22.9 Å². The highest BCUT2D eigenvalue weighted by molar-refractivity contribution is 9.10. The average Bonchev–Trinajstić information content (AvgIpc) is 2.26. The smallest absolute Gasteiger partial charge is 0.0474 e. The van der Waals surface area contributed by atoms with Crippen molar-refractivity contribution in [2.75, 3.05) is 20.3 Å². The molecular weight excluding hydrogens is 278 g/mol. The molecule has 0 spiro atoms. The summed E-state index contributed by atoms with van der Waals surface area (Å²) in [6, 6.07) is 9.39. The van der Waals surface area contributed by atoms with E-state index in [9.17, 15) is 0 Å². The second kappa shape index (κ2) is 6.53. The van der Waals surface area contributed by atoms with Crippen LogP contribution in [0.2, 0.25) is 0 Å². The highest BCUT2D eigenvalue weighted by Crippen LogP contribution is 2.37. The molecule has 2 nitrogen and oxygen atoms in total. The summed E-state index contributed by atoms with van der Waals surface area (Å²) in [4.78, 5) is 0. The Hall–Kier alpha value is -0.380. The minimum atomic E-state index is 0.704. The summed E-state index contributed by atoms with van der Waals surface area (Å²) in [7, 11) is 1.76. The number of halogens is 1. The lowest BCUT2D eigenvalue weighted by atomic mass is 9.76. The van der Waals surface area contributed by atoms with Gasteiger partial charge in [0, 0.05) is 24.2 Å². The summed E-state index contributed by atoms with van der Waals surface area (Å²) < 4.78 is 6.22. The van der Waals surface area contributed by atoms with E-state index in [2.05, 4.69) is 45.5 Å². The van der Waals surface area contributed by atoms with Crippen molar-refractivity contribution >= 4 is 15.9 Å². The standard InChI is InChI=1S/C14H20BrNO/c1-17-7-3-6-16-14-9-12(10-14)11-4-2-5-13(15)8-11/h2,4-5,8,12,14,16H,3,6-7,9-10H2,1H3. The number of hydrogen-bond donors (Lipinski definition) is 1. The Morgan fingerprint density at radius 3 is 2.94 bits per heavy atom. The van der Waals surface area contributed by atoms with E-state index < -0.39 is 0 Å². The van der Waals surface area contributed by atoms with Crippen LogP contribution in [-0.2, 0) is 4.74 Å². The third-order valence-corrected chi connectivity index (χ3v) is 3.91. The van der Waals surface area contributed by atoms with Gasteiger partial charge in [0.1, 0.15) is 0 Å². The highest BCUT2D eigenvalue weighted by atomic mass is 79.9. The molecule has 3 heteroatoms. The molecule has 0 bridgehead atoms. The van der Waals surface area contributed by atoms with Gasteiger partial charge in [-0.15, -0.1) is 0 Å². The zero-order valence-electron chi connectivity index (χ0n) is 10.3. The van der Waals surface area contributed by atoms with Crippen molar-refractivity contribution in [3.8, 4) is 0 Å². The molecule has 2 rings (SSSR count). The van der Waals surface area contributed by atoms with E-state index >= 15 is 0 Å². The topological polar surface area (TPSA) is 21.3 Å². The summed E-state index contributed by atoms with van der Waals surface area (Å²) in [5.41, 5.74) is 1.47. The molecule has 0 atom stereocenters. The molecule has 1 aromatic carbocycles. The Bertz CT molecular complexity index is 350. The Balaban J connectivity index is 1.68. The van der Waals surface area contributed by atoms with Crippen LogP contribution in [0.1, 0.15) is 30.7 Å². The maximum atomic E-state index is 5.03. The summed E-state index contributed by atoms with van der Waals surface area (Å²) in [5, 5.41) is 3.58. The summed E-state index contributed by atoms with van der Waals surface area (Å²) in [6.07, 6.45) is 3.64. The van der Waals surface area contributed by atoms with Gasteiger partial charge in [0.25, 0.3) is 0 Å². The molecule has 94 valence electrons. The Labute approximate surface area is 112 Å². The van der Waals surface area contributed by atoms with E-state index in [0.717, 1.165) is 25.5 Å². The fraction of sp³-hybridized carbons (Fsp3) is 0.571. The monoisotopic (exact) mass is 297 g/mol. The lowest BCUT2D eigenvalue weighted by Crippen LogP contribution is -2.40. The fourth-order valence-corrected chi connectivity index (χ4v) is 2.76. The molecule has 1 aliphatic carbocycles. The molecule has 1 fully saturated rings. The number of ether oxygens (including phenoxy) is 1. The Morgan fingerprint density at radius 2 is 2.24 bits per heavy atom. The van der Waals surface area contributed by atoms with E-state index in [1.54, 1.807) is 7.11 Å². The molecule has 0 saturated heterocycles. The molecule has 1 N–H and O–H groups in total. The van der Waals surface area contributed by atoms with E-state index in [4.69, 9.17) is 4.74 Å². The van der Waals surface area contributed by atoms with E-state index in [1.807, 2.05) is 0 Å². The SMILES string of the molecule is COCCCNC1CC(c2cccc(Br)c2)C1. The molecule has 1 aliphatic rings. The van der Waals surface area contributed by atoms with Crippen LogP contribution in [-0.4, -0.2) is 26.3 Å². The van der Waals surface area contributed by atoms with Gasteiger partial charge in [-0.1, -0.05) is 28.1 Å². The molecular formula is C14H20BrNO. The Morgan fingerprint density at radius 1 is 1.41 bits per heavy atom. The second-order valence-corrected chi connectivity index (χ2v) is 5.64. The molecule has 0 unspecified atom stereocenters.